The van der Waals surface area contributed by atoms with Gasteiger partial charge >= 0.3 is 6.18 Å². The molecule has 0 unspecified atom stereocenters. The Balaban J connectivity index is 1.78. The molecule has 2 aliphatic rings. The van der Waals surface area contributed by atoms with Gasteiger partial charge in [0.25, 0.3) is 11.8 Å². The first-order valence-electron chi connectivity index (χ1n) is 10.1. The van der Waals surface area contributed by atoms with Crippen LogP contribution in [0.25, 0.3) is 0 Å². The molecule has 1 fully saturated rings. The van der Waals surface area contributed by atoms with Crippen molar-refractivity contribution in [2.45, 2.75) is 38.3 Å². The minimum atomic E-state index is -4.61. The van der Waals surface area contributed by atoms with E-state index in [-0.39, 0.29) is 17.9 Å². The van der Waals surface area contributed by atoms with E-state index in [0.29, 0.717) is 5.56 Å². The summed E-state index contributed by atoms with van der Waals surface area (Å²) in [5, 5.41) is 0. The van der Waals surface area contributed by atoms with Crippen LogP contribution >= 0.6 is 15.9 Å². The van der Waals surface area contributed by atoms with Gasteiger partial charge in [0.15, 0.2) is 0 Å². The second kappa shape index (κ2) is 8.05. The fraction of sp³-hybridized carbons (Fsp3) is 0.318. The monoisotopic (exact) mass is 524 g/mol. The van der Waals surface area contributed by atoms with Crippen molar-refractivity contribution in [1.82, 2.24) is 4.90 Å². The lowest BCUT2D eigenvalue weighted by atomic mass is 10.1. The van der Waals surface area contributed by atoms with Crippen LogP contribution in [0.5, 0.6) is 0 Å². The number of primary amides is 1. The smallest absolute Gasteiger partial charge is 0.368 e. The largest absolute Gasteiger partial charge is 0.416 e. The van der Waals surface area contributed by atoms with Gasteiger partial charge in [0, 0.05) is 10.0 Å². The molecule has 1 saturated heterocycles. The van der Waals surface area contributed by atoms with Gasteiger partial charge in [0.05, 0.1) is 23.5 Å². The Hall–Kier alpha value is -3.08. The zero-order valence-electron chi connectivity index (χ0n) is 17.6. The van der Waals surface area contributed by atoms with E-state index in [1.807, 2.05) is 0 Å². The molecule has 174 valence electrons. The summed E-state index contributed by atoms with van der Waals surface area (Å²) >= 11 is 3.31. The quantitative estimate of drug-likeness (QED) is 0.666. The third-order valence-corrected chi connectivity index (χ3v) is 6.59. The van der Waals surface area contributed by atoms with Gasteiger partial charge in [-0.15, -0.1) is 0 Å². The lowest BCUT2D eigenvalue weighted by Crippen LogP contribution is -2.66. The van der Waals surface area contributed by atoms with Crippen molar-refractivity contribution in [3.8, 4) is 0 Å². The van der Waals surface area contributed by atoms with E-state index < -0.39 is 47.7 Å². The van der Waals surface area contributed by atoms with E-state index in [2.05, 4.69) is 15.9 Å². The zero-order chi connectivity index (χ0) is 24.2. The Bertz CT molecular complexity index is 1140. The van der Waals surface area contributed by atoms with Gasteiger partial charge in [0.1, 0.15) is 18.2 Å². The fourth-order valence-corrected chi connectivity index (χ4v) is 4.54. The van der Waals surface area contributed by atoms with Crippen molar-refractivity contribution in [1.29, 1.82) is 0 Å². The maximum Gasteiger partial charge on any atom is 0.416 e. The highest BCUT2D eigenvalue weighted by atomic mass is 79.9. The summed E-state index contributed by atoms with van der Waals surface area (Å²) in [5.41, 5.74) is 5.25. The van der Waals surface area contributed by atoms with Gasteiger partial charge in [-0.05, 0) is 56.3 Å². The molecule has 33 heavy (non-hydrogen) atoms. The third kappa shape index (κ3) is 3.84. The van der Waals surface area contributed by atoms with Crippen LogP contribution in [0, 0.1) is 0 Å². The SMILES string of the molecule is C[C@@H]1C(=O)N2c3ccc(C(F)(F)F)cc3N([C@@H](C)C(N)=O)[C@@H]2CN1C(=O)c1ccc(Br)cc1. The normalized spacial score (nSPS) is 21.0. The van der Waals surface area contributed by atoms with E-state index in [1.165, 1.54) is 27.7 Å². The molecule has 3 amide bonds. The summed E-state index contributed by atoms with van der Waals surface area (Å²) in [4.78, 5) is 42.7. The van der Waals surface area contributed by atoms with Crippen LogP contribution < -0.4 is 15.5 Å². The zero-order valence-corrected chi connectivity index (χ0v) is 19.2. The molecule has 2 aliphatic heterocycles. The first-order chi connectivity index (χ1) is 15.4. The number of carbonyl (C=O) groups is 3. The van der Waals surface area contributed by atoms with Crippen molar-refractivity contribution >= 4 is 45.0 Å². The molecule has 2 aromatic rings. The minimum Gasteiger partial charge on any atom is -0.368 e. The number of rotatable bonds is 3. The molecular formula is C22H20BrF3N4O3. The number of anilines is 2. The molecule has 3 atom stereocenters. The molecule has 0 radical (unpaired) electrons. The summed E-state index contributed by atoms with van der Waals surface area (Å²) in [6.45, 7) is 3.01. The van der Waals surface area contributed by atoms with Gasteiger partial charge in [0.2, 0.25) is 5.91 Å². The van der Waals surface area contributed by atoms with Gasteiger partial charge in [-0.25, -0.2) is 0 Å². The Kier molecular flexibility index (Phi) is 5.63. The molecule has 0 aliphatic carbocycles. The third-order valence-electron chi connectivity index (χ3n) is 6.06. The minimum absolute atomic E-state index is 0.0184. The van der Waals surface area contributed by atoms with E-state index in [1.54, 1.807) is 31.2 Å². The maximum atomic E-state index is 13.4. The van der Waals surface area contributed by atoms with Crippen LogP contribution in [-0.4, -0.2) is 47.4 Å². The van der Waals surface area contributed by atoms with Crippen molar-refractivity contribution in [2.75, 3.05) is 16.3 Å². The first-order valence-corrected chi connectivity index (χ1v) is 10.9. The van der Waals surface area contributed by atoms with Gasteiger partial charge < -0.3 is 15.5 Å². The number of amides is 3. The maximum absolute atomic E-state index is 13.4. The predicted molar refractivity (Wildman–Crippen MR) is 118 cm³/mol. The number of nitrogens with zero attached hydrogens (tertiary/aromatic N) is 3. The highest BCUT2D eigenvalue weighted by Gasteiger charge is 2.51. The number of carbonyl (C=O) groups excluding carboxylic acids is 3. The topological polar surface area (TPSA) is 87.0 Å². The van der Waals surface area contributed by atoms with Crippen molar-refractivity contribution < 1.29 is 27.6 Å². The van der Waals surface area contributed by atoms with E-state index in [0.717, 1.165) is 16.6 Å². The Morgan fingerprint density at radius 2 is 1.76 bits per heavy atom. The number of alkyl halides is 3. The van der Waals surface area contributed by atoms with Gasteiger partial charge in [-0.2, -0.15) is 13.2 Å². The summed E-state index contributed by atoms with van der Waals surface area (Å²) < 4.78 is 40.9. The Morgan fingerprint density at radius 3 is 2.33 bits per heavy atom. The van der Waals surface area contributed by atoms with Crippen molar-refractivity contribution in [2.24, 2.45) is 5.73 Å². The molecule has 0 aromatic heterocycles. The number of hydrogen-bond acceptors (Lipinski definition) is 4. The van der Waals surface area contributed by atoms with Gasteiger partial charge in [-0.3, -0.25) is 19.3 Å². The second-order valence-electron chi connectivity index (χ2n) is 8.02. The average Bonchev–Trinajstić information content (AvgIpc) is 3.08. The molecule has 0 saturated carbocycles. The number of nitrogens with two attached hydrogens (primary N) is 1. The Labute approximate surface area is 196 Å². The molecule has 7 nitrogen and oxygen atoms in total. The summed E-state index contributed by atoms with van der Waals surface area (Å²) in [5.74, 6) is -1.63. The van der Waals surface area contributed by atoms with Crippen LogP contribution in [-0.2, 0) is 15.8 Å². The van der Waals surface area contributed by atoms with Crippen LogP contribution in [0.15, 0.2) is 46.9 Å². The second-order valence-corrected chi connectivity index (χ2v) is 8.93. The van der Waals surface area contributed by atoms with Gasteiger partial charge in [-0.1, -0.05) is 15.9 Å². The molecule has 2 N–H and O–H groups in total. The molecule has 0 spiro atoms. The van der Waals surface area contributed by atoms with Crippen molar-refractivity contribution in [3.63, 3.8) is 0 Å². The Morgan fingerprint density at radius 1 is 1.12 bits per heavy atom. The molecule has 11 heteroatoms. The number of fused-ring (bicyclic) bond motifs is 3. The van der Waals surface area contributed by atoms with E-state index in [4.69, 9.17) is 5.73 Å². The van der Waals surface area contributed by atoms with Crippen molar-refractivity contribution in [3.05, 3.63) is 58.1 Å². The predicted octanol–water partition coefficient (Wildman–Crippen LogP) is 3.37. The number of piperazine rings is 1. The molecule has 4 rings (SSSR count). The first kappa shape index (κ1) is 23.1. The highest BCUT2D eigenvalue weighted by molar-refractivity contribution is 9.10. The summed E-state index contributed by atoms with van der Waals surface area (Å²) in [6.07, 6.45) is -5.49. The fourth-order valence-electron chi connectivity index (χ4n) is 4.28. The number of halogens is 4. The molecular weight excluding hydrogens is 505 g/mol. The highest BCUT2D eigenvalue weighted by Crippen LogP contribution is 2.46. The van der Waals surface area contributed by atoms with Crippen LogP contribution in [0.3, 0.4) is 0 Å². The van der Waals surface area contributed by atoms with Crippen LogP contribution in [0.4, 0.5) is 24.5 Å². The lowest BCUT2D eigenvalue weighted by molar-refractivity contribution is -0.137. The van der Waals surface area contributed by atoms with E-state index in [9.17, 15) is 27.6 Å². The summed E-state index contributed by atoms with van der Waals surface area (Å²) in [6, 6.07) is 7.75. The lowest BCUT2D eigenvalue weighted by Gasteiger charge is -2.44. The standard InChI is InChI=1S/C22H20BrF3N4O3/c1-11(19(27)31)29-17-9-14(22(24,25)26)5-8-16(17)30-18(29)10-28(12(2)20(30)32)21(33)13-3-6-15(23)7-4-13/h3-9,11-12,18H,10H2,1-2H3,(H2,27,31)/t11-,12+,18-/m0/s1. The van der Waals surface area contributed by atoms with E-state index >= 15 is 0 Å². The summed E-state index contributed by atoms with van der Waals surface area (Å²) in [7, 11) is 0. The molecule has 0 bridgehead atoms. The van der Waals surface area contributed by atoms with Crippen LogP contribution in [0.1, 0.15) is 29.8 Å². The average molecular weight is 525 g/mol. The van der Waals surface area contributed by atoms with Crippen LogP contribution in [0.2, 0.25) is 0 Å². The number of hydrogen-bond donors (Lipinski definition) is 1. The number of benzene rings is 2. The molecule has 2 aromatic carbocycles. The molecule has 2 heterocycles.